The van der Waals surface area contributed by atoms with Gasteiger partial charge in [-0.15, -0.1) is 0 Å². The maximum atomic E-state index is 12.3. The Labute approximate surface area is 118 Å². The second kappa shape index (κ2) is 5.61. The van der Waals surface area contributed by atoms with Crippen LogP contribution in [0.15, 0.2) is 42.5 Å². The van der Waals surface area contributed by atoms with Crippen molar-refractivity contribution in [1.82, 2.24) is 4.90 Å². The molecule has 1 fully saturated rings. The number of morpholine rings is 1. The number of benzene rings is 2. The Morgan fingerprint density at radius 2 is 2.05 bits per heavy atom. The average molecular weight is 270 g/mol. The fraction of sp³-hybridized carbons (Fsp3) is 0.312. The highest BCUT2D eigenvalue weighted by molar-refractivity contribution is 6.03. The summed E-state index contributed by atoms with van der Waals surface area (Å²) in [5.41, 5.74) is 0.838. The monoisotopic (exact) mass is 270 g/mol. The zero-order valence-electron chi connectivity index (χ0n) is 11.5. The van der Waals surface area contributed by atoms with Crippen molar-refractivity contribution in [2.24, 2.45) is 0 Å². The smallest absolute Gasteiger partial charge is 0.254 e. The van der Waals surface area contributed by atoms with Gasteiger partial charge in [-0.1, -0.05) is 36.4 Å². The number of hydrogen-bond donors (Lipinski definition) is 1. The van der Waals surface area contributed by atoms with Crippen molar-refractivity contribution in [3.8, 4) is 0 Å². The van der Waals surface area contributed by atoms with Crippen LogP contribution in [0.1, 0.15) is 0 Å². The number of rotatable bonds is 2. The lowest BCUT2D eigenvalue weighted by Gasteiger charge is -2.29. The molecule has 1 heterocycles. The molecule has 1 unspecified atom stereocenters. The van der Waals surface area contributed by atoms with Gasteiger partial charge in [-0.05, 0) is 18.5 Å². The average Bonchev–Trinajstić information content (AvgIpc) is 2.47. The lowest BCUT2D eigenvalue weighted by Crippen LogP contribution is -2.46. The molecule has 0 spiro atoms. The van der Waals surface area contributed by atoms with Crippen LogP contribution in [0, 0.1) is 0 Å². The molecule has 20 heavy (non-hydrogen) atoms. The topological polar surface area (TPSA) is 41.6 Å². The second-order valence-electron chi connectivity index (χ2n) is 5.14. The highest BCUT2D eigenvalue weighted by atomic mass is 16.5. The molecule has 1 aliphatic heterocycles. The Balaban J connectivity index is 1.80. The van der Waals surface area contributed by atoms with Crippen LogP contribution in [0.4, 0.5) is 5.69 Å². The van der Waals surface area contributed by atoms with E-state index < -0.39 is 6.10 Å². The molecule has 2 aromatic carbocycles. The third-order valence-electron chi connectivity index (χ3n) is 3.61. The SMILES string of the molecule is CN1CCOC(C(=O)Nc2cccc3ccccc23)C1. The second-order valence-corrected chi connectivity index (χ2v) is 5.14. The molecule has 0 bridgehead atoms. The zero-order chi connectivity index (χ0) is 13.9. The number of anilines is 1. The molecular weight excluding hydrogens is 252 g/mol. The first-order valence-corrected chi connectivity index (χ1v) is 6.83. The Morgan fingerprint density at radius 3 is 2.90 bits per heavy atom. The molecule has 0 saturated carbocycles. The number of nitrogens with one attached hydrogen (secondary N) is 1. The summed E-state index contributed by atoms with van der Waals surface area (Å²) in [6, 6.07) is 13.9. The summed E-state index contributed by atoms with van der Waals surface area (Å²) in [5, 5.41) is 5.15. The maximum Gasteiger partial charge on any atom is 0.254 e. The molecule has 4 heteroatoms. The third-order valence-corrected chi connectivity index (χ3v) is 3.61. The van der Waals surface area contributed by atoms with E-state index in [0.29, 0.717) is 13.2 Å². The summed E-state index contributed by atoms with van der Waals surface area (Å²) in [4.78, 5) is 14.4. The quantitative estimate of drug-likeness (QED) is 0.908. The van der Waals surface area contributed by atoms with Gasteiger partial charge in [0.15, 0.2) is 0 Å². The van der Waals surface area contributed by atoms with Gasteiger partial charge in [0, 0.05) is 24.2 Å². The summed E-state index contributed by atoms with van der Waals surface area (Å²) in [6.07, 6.45) is -0.396. The molecule has 1 aliphatic rings. The summed E-state index contributed by atoms with van der Waals surface area (Å²) in [5.74, 6) is -0.0760. The molecule has 2 aromatic rings. The lowest BCUT2D eigenvalue weighted by atomic mass is 10.1. The Morgan fingerprint density at radius 1 is 1.25 bits per heavy atom. The summed E-state index contributed by atoms with van der Waals surface area (Å²) in [7, 11) is 2.00. The largest absolute Gasteiger partial charge is 0.366 e. The number of hydrogen-bond acceptors (Lipinski definition) is 3. The maximum absolute atomic E-state index is 12.3. The van der Waals surface area contributed by atoms with E-state index in [2.05, 4.69) is 10.2 Å². The van der Waals surface area contributed by atoms with Gasteiger partial charge in [0.2, 0.25) is 0 Å². The van der Waals surface area contributed by atoms with Gasteiger partial charge in [0.05, 0.1) is 6.61 Å². The third kappa shape index (κ3) is 2.66. The van der Waals surface area contributed by atoms with Gasteiger partial charge in [0.25, 0.3) is 5.91 Å². The first-order valence-electron chi connectivity index (χ1n) is 6.83. The number of carbonyl (C=O) groups excluding carboxylic acids is 1. The predicted octanol–water partition coefficient (Wildman–Crippen LogP) is 2.11. The van der Waals surface area contributed by atoms with Gasteiger partial charge in [-0.3, -0.25) is 4.79 Å². The van der Waals surface area contributed by atoms with E-state index in [-0.39, 0.29) is 5.91 Å². The highest BCUT2D eigenvalue weighted by Crippen LogP contribution is 2.23. The molecule has 1 amide bonds. The minimum Gasteiger partial charge on any atom is -0.366 e. The fourth-order valence-corrected chi connectivity index (χ4v) is 2.48. The molecular formula is C16H18N2O2. The molecule has 0 radical (unpaired) electrons. The van der Waals surface area contributed by atoms with E-state index >= 15 is 0 Å². The van der Waals surface area contributed by atoms with E-state index in [1.165, 1.54) is 0 Å². The van der Waals surface area contributed by atoms with Crippen molar-refractivity contribution in [2.45, 2.75) is 6.10 Å². The molecule has 4 nitrogen and oxygen atoms in total. The number of ether oxygens (including phenoxy) is 1. The van der Waals surface area contributed by atoms with Crippen LogP contribution in [-0.2, 0) is 9.53 Å². The summed E-state index contributed by atoms with van der Waals surface area (Å²) < 4.78 is 5.54. The van der Waals surface area contributed by atoms with Crippen molar-refractivity contribution >= 4 is 22.4 Å². The number of likely N-dealkylation sites (N-methyl/N-ethyl adjacent to an activating group) is 1. The van der Waals surface area contributed by atoms with Crippen molar-refractivity contribution in [3.63, 3.8) is 0 Å². The Bertz CT molecular complexity index is 621. The minimum absolute atomic E-state index is 0.0760. The molecule has 1 saturated heterocycles. The standard InChI is InChI=1S/C16H18N2O2/c1-18-9-10-20-15(11-18)16(19)17-14-8-4-6-12-5-2-3-7-13(12)14/h2-8,15H,9-11H2,1H3,(H,17,19). The molecule has 1 atom stereocenters. The van der Waals surface area contributed by atoms with Crippen LogP contribution in [0.2, 0.25) is 0 Å². The summed E-state index contributed by atoms with van der Waals surface area (Å²) in [6.45, 7) is 2.11. The number of fused-ring (bicyclic) bond motifs is 1. The molecule has 0 aliphatic carbocycles. The van der Waals surface area contributed by atoms with Gasteiger partial charge in [-0.25, -0.2) is 0 Å². The molecule has 0 aromatic heterocycles. The van der Waals surface area contributed by atoms with E-state index in [4.69, 9.17) is 4.74 Å². The fourth-order valence-electron chi connectivity index (χ4n) is 2.48. The number of carbonyl (C=O) groups is 1. The van der Waals surface area contributed by atoms with Crippen molar-refractivity contribution in [2.75, 3.05) is 32.1 Å². The van der Waals surface area contributed by atoms with Crippen molar-refractivity contribution < 1.29 is 9.53 Å². The van der Waals surface area contributed by atoms with Crippen LogP contribution in [0.3, 0.4) is 0 Å². The van der Waals surface area contributed by atoms with Gasteiger partial charge in [0.1, 0.15) is 6.10 Å². The molecule has 3 rings (SSSR count). The zero-order valence-corrected chi connectivity index (χ0v) is 11.5. The van der Waals surface area contributed by atoms with Crippen LogP contribution in [0.5, 0.6) is 0 Å². The van der Waals surface area contributed by atoms with E-state index in [1.807, 2.05) is 49.5 Å². The minimum atomic E-state index is -0.396. The molecule has 104 valence electrons. The number of amides is 1. The van der Waals surface area contributed by atoms with E-state index in [0.717, 1.165) is 23.0 Å². The van der Waals surface area contributed by atoms with Crippen LogP contribution >= 0.6 is 0 Å². The Hall–Kier alpha value is -1.91. The summed E-state index contributed by atoms with van der Waals surface area (Å²) >= 11 is 0. The normalized spacial score (nSPS) is 19.9. The predicted molar refractivity (Wildman–Crippen MR) is 79.8 cm³/mol. The van der Waals surface area contributed by atoms with E-state index in [9.17, 15) is 4.79 Å². The first-order chi connectivity index (χ1) is 9.74. The van der Waals surface area contributed by atoms with Crippen molar-refractivity contribution in [1.29, 1.82) is 0 Å². The number of nitrogens with zero attached hydrogens (tertiary/aromatic N) is 1. The van der Waals surface area contributed by atoms with Crippen LogP contribution < -0.4 is 5.32 Å². The first kappa shape index (κ1) is 13.1. The Kier molecular flexibility index (Phi) is 3.67. The van der Waals surface area contributed by atoms with Crippen molar-refractivity contribution in [3.05, 3.63) is 42.5 Å². The van der Waals surface area contributed by atoms with Gasteiger partial charge in [-0.2, -0.15) is 0 Å². The lowest BCUT2D eigenvalue weighted by molar-refractivity contribution is -0.132. The van der Waals surface area contributed by atoms with Crippen LogP contribution in [0.25, 0.3) is 10.8 Å². The van der Waals surface area contributed by atoms with Crippen LogP contribution in [-0.4, -0.2) is 43.7 Å². The highest BCUT2D eigenvalue weighted by Gasteiger charge is 2.25. The van der Waals surface area contributed by atoms with E-state index in [1.54, 1.807) is 0 Å². The van der Waals surface area contributed by atoms with Gasteiger partial charge >= 0.3 is 0 Å². The molecule has 1 N–H and O–H groups in total. The van der Waals surface area contributed by atoms with Gasteiger partial charge < -0.3 is 15.0 Å².